The van der Waals surface area contributed by atoms with E-state index >= 15 is 0 Å². The molecule has 4 nitrogen and oxygen atoms in total. The molecule has 0 bridgehead atoms. The van der Waals surface area contributed by atoms with Crippen LogP contribution in [0.25, 0.3) is 0 Å². The van der Waals surface area contributed by atoms with E-state index in [1.807, 2.05) is 26.0 Å². The molecule has 2 aromatic carbocycles. The Morgan fingerprint density at radius 3 is 2.48 bits per heavy atom. The molecule has 0 aromatic heterocycles. The predicted molar refractivity (Wildman–Crippen MR) is 96.7 cm³/mol. The number of hydrogen-bond donors (Lipinski definition) is 0. The monoisotopic (exact) mass is 410 g/mol. The third-order valence-corrected chi connectivity index (χ3v) is 4.54. The summed E-state index contributed by atoms with van der Waals surface area (Å²) >= 11 is 3.42. The second kappa shape index (κ2) is 8.85. The van der Waals surface area contributed by atoms with Crippen molar-refractivity contribution in [3.05, 3.63) is 57.3 Å². The van der Waals surface area contributed by atoms with Gasteiger partial charge >= 0.3 is 6.16 Å². The smallest absolute Gasteiger partial charge is 0.488 e. The second-order valence-corrected chi connectivity index (χ2v) is 6.17. The minimum atomic E-state index is -0.813. The van der Waals surface area contributed by atoms with Gasteiger partial charge in [-0.15, -0.1) is 0 Å². The molecule has 0 saturated heterocycles. The van der Waals surface area contributed by atoms with Crippen molar-refractivity contribution in [2.24, 2.45) is 0 Å². The van der Waals surface area contributed by atoms with Gasteiger partial charge in [0.05, 0.1) is 7.11 Å². The van der Waals surface area contributed by atoms with Gasteiger partial charge in [0, 0.05) is 16.1 Å². The van der Waals surface area contributed by atoms with Crippen molar-refractivity contribution >= 4 is 22.1 Å². The molecule has 0 radical (unpaired) electrons. The number of benzene rings is 2. The van der Waals surface area contributed by atoms with Gasteiger partial charge in [-0.25, -0.2) is 9.18 Å². The number of ether oxygens (including phenoxy) is 3. The highest BCUT2D eigenvalue weighted by atomic mass is 79.9. The lowest BCUT2D eigenvalue weighted by atomic mass is 10.1. The molecule has 0 atom stereocenters. The van der Waals surface area contributed by atoms with Crippen molar-refractivity contribution in [2.45, 2.75) is 33.3 Å². The highest BCUT2D eigenvalue weighted by molar-refractivity contribution is 9.10. The van der Waals surface area contributed by atoms with Crippen molar-refractivity contribution in [3.63, 3.8) is 0 Å². The third-order valence-electron chi connectivity index (χ3n) is 3.80. The predicted octanol–water partition coefficient (Wildman–Crippen LogP) is 5.44. The zero-order valence-corrected chi connectivity index (χ0v) is 16.0. The van der Waals surface area contributed by atoms with Crippen LogP contribution in [0, 0.1) is 5.82 Å². The van der Waals surface area contributed by atoms with E-state index in [0.29, 0.717) is 29.0 Å². The number of hydrogen-bond acceptors (Lipinski definition) is 4. The first-order valence-electron chi connectivity index (χ1n) is 7.97. The Morgan fingerprint density at radius 1 is 1.12 bits per heavy atom. The molecule has 134 valence electrons. The van der Waals surface area contributed by atoms with Crippen molar-refractivity contribution in [2.75, 3.05) is 7.11 Å². The SMILES string of the molecule is CCc1cc(CC)c(OCc2c(Br)cccc2OC(=O)OC)cc1F. The van der Waals surface area contributed by atoms with E-state index in [-0.39, 0.29) is 12.4 Å². The molecular weight excluding hydrogens is 391 g/mol. The topological polar surface area (TPSA) is 44.8 Å². The van der Waals surface area contributed by atoms with E-state index in [2.05, 4.69) is 20.7 Å². The van der Waals surface area contributed by atoms with E-state index in [4.69, 9.17) is 9.47 Å². The fourth-order valence-electron chi connectivity index (χ4n) is 2.39. The molecule has 0 aliphatic rings. The molecule has 6 heteroatoms. The average Bonchev–Trinajstić information content (AvgIpc) is 2.61. The maximum atomic E-state index is 14.1. The van der Waals surface area contributed by atoms with Crippen LogP contribution in [-0.2, 0) is 24.2 Å². The number of halogens is 2. The molecule has 0 aliphatic heterocycles. The quantitative estimate of drug-likeness (QED) is 0.469. The van der Waals surface area contributed by atoms with Gasteiger partial charge in [-0.2, -0.15) is 0 Å². The molecule has 0 spiro atoms. The summed E-state index contributed by atoms with van der Waals surface area (Å²) in [6.45, 7) is 4.02. The zero-order chi connectivity index (χ0) is 18.4. The summed E-state index contributed by atoms with van der Waals surface area (Å²) in [4.78, 5) is 11.4. The third kappa shape index (κ3) is 4.72. The molecule has 2 aromatic rings. The number of methoxy groups -OCH3 is 1. The highest BCUT2D eigenvalue weighted by Crippen LogP contribution is 2.30. The van der Waals surface area contributed by atoms with E-state index in [1.54, 1.807) is 12.1 Å². The minimum absolute atomic E-state index is 0.117. The van der Waals surface area contributed by atoms with Crippen LogP contribution >= 0.6 is 15.9 Å². The zero-order valence-electron chi connectivity index (χ0n) is 14.4. The van der Waals surface area contributed by atoms with E-state index < -0.39 is 6.16 Å². The number of carbonyl (C=O) groups is 1. The molecular formula is C19H20BrFO4. The van der Waals surface area contributed by atoms with Gasteiger partial charge in [0.1, 0.15) is 23.9 Å². The van der Waals surface area contributed by atoms with Crippen LogP contribution in [0.15, 0.2) is 34.8 Å². The second-order valence-electron chi connectivity index (χ2n) is 5.32. The van der Waals surface area contributed by atoms with Crippen LogP contribution in [0.4, 0.5) is 9.18 Å². The average molecular weight is 411 g/mol. The van der Waals surface area contributed by atoms with Gasteiger partial charge in [0.25, 0.3) is 0 Å². The fourth-order valence-corrected chi connectivity index (χ4v) is 2.85. The van der Waals surface area contributed by atoms with Crippen molar-refractivity contribution < 1.29 is 23.4 Å². The Kier molecular flexibility index (Phi) is 6.82. The van der Waals surface area contributed by atoms with Gasteiger partial charge in [-0.05, 0) is 42.2 Å². The van der Waals surface area contributed by atoms with Gasteiger partial charge in [-0.1, -0.05) is 35.8 Å². The van der Waals surface area contributed by atoms with E-state index in [0.717, 1.165) is 16.5 Å². The maximum Gasteiger partial charge on any atom is 0.513 e. The first-order chi connectivity index (χ1) is 12.0. The van der Waals surface area contributed by atoms with E-state index in [1.165, 1.54) is 13.2 Å². The molecule has 0 saturated carbocycles. The lowest BCUT2D eigenvalue weighted by molar-refractivity contribution is 0.120. The Labute approximate surface area is 155 Å². The van der Waals surface area contributed by atoms with Crippen LogP contribution in [0.5, 0.6) is 11.5 Å². The Bertz CT molecular complexity index is 761. The molecule has 0 amide bonds. The summed E-state index contributed by atoms with van der Waals surface area (Å²) in [5.41, 5.74) is 2.23. The fraction of sp³-hybridized carbons (Fsp3) is 0.316. The van der Waals surface area contributed by atoms with E-state index in [9.17, 15) is 9.18 Å². The van der Waals surface area contributed by atoms with Gasteiger partial charge in [0.2, 0.25) is 0 Å². The number of rotatable bonds is 6. The molecule has 2 rings (SSSR count). The molecule has 0 N–H and O–H groups in total. The molecule has 0 aliphatic carbocycles. The summed E-state index contributed by atoms with van der Waals surface area (Å²) in [7, 11) is 1.24. The van der Waals surface area contributed by atoms with Gasteiger partial charge in [0.15, 0.2) is 0 Å². The Morgan fingerprint density at radius 2 is 1.84 bits per heavy atom. The van der Waals surface area contributed by atoms with Gasteiger partial charge in [-0.3, -0.25) is 0 Å². The van der Waals surface area contributed by atoms with Crippen LogP contribution in [0.1, 0.15) is 30.5 Å². The van der Waals surface area contributed by atoms with Crippen LogP contribution in [0.3, 0.4) is 0 Å². The molecule has 0 unspecified atom stereocenters. The minimum Gasteiger partial charge on any atom is -0.488 e. The van der Waals surface area contributed by atoms with Crippen molar-refractivity contribution in [3.8, 4) is 11.5 Å². The largest absolute Gasteiger partial charge is 0.513 e. The summed E-state index contributed by atoms with van der Waals surface area (Å²) in [5.74, 6) is 0.523. The summed E-state index contributed by atoms with van der Waals surface area (Å²) in [6, 6.07) is 8.43. The highest BCUT2D eigenvalue weighted by Gasteiger charge is 2.15. The van der Waals surface area contributed by atoms with Crippen molar-refractivity contribution in [1.82, 2.24) is 0 Å². The molecule has 0 fully saturated rings. The Hall–Kier alpha value is -2.08. The lowest BCUT2D eigenvalue weighted by Gasteiger charge is -2.15. The van der Waals surface area contributed by atoms with Crippen LogP contribution < -0.4 is 9.47 Å². The number of carbonyl (C=O) groups excluding carboxylic acids is 1. The first-order valence-corrected chi connectivity index (χ1v) is 8.76. The maximum absolute atomic E-state index is 14.1. The van der Waals surface area contributed by atoms with Crippen LogP contribution in [0.2, 0.25) is 0 Å². The summed E-state index contributed by atoms with van der Waals surface area (Å²) in [5, 5.41) is 0. The molecule has 25 heavy (non-hydrogen) atoms. The summed E-state index contributed by atoms with van der Waals surface area (Å²) < 4.78 is 30.3. The summed E-state index contributed by atoms with van der Waals surface area (Å²) in [6.07, 6.45) is 0.539. The lowest BCUT2D eigenvalue weighted by Crippen LogP contribution is -2.10. The van der Waals surface area contributed by atoms with Gasteiger partial charge < -0.3 is 14.2 Å². The van der Waals surface area contributed by atoms with Crippen molar-refractivity contribution in [1.29, 1.82) is 0 Å². The molecule has 0 heterocycles. The number of aryl methyl sites for hydroxylation is 2. The standard InChI is InChI=1S/C19H20BrFO4/c1-4-12-9-13(5-2)18(10-16(12)21)24-11-14-15(20)7-6-8-17(14)25-19(22)23-3/h6-10H,4-5,11H2,1-3H3. The normalized spacial score (nSPS) is 10.4. The van der Waals surface area contributed by atoms with Crippen LogP contribution in [-0.4, -0.2) is 13.3 Å². The Balaban J connectivity index is 2.27. The first kappa shape index (κ1) is 19.2.